The van der Waals surface area contributed by atoms with E-state index in [4.69, 9.17) is 0 Å². The second-order valence-corrected chi connectivity index (χ2v) is 4.46. The number of aryl methyl sites for hydroxylation is 1. The van der Waals surface area contributed by atoms with Crippen LogP contribution in [0.1, 0.15) is 19.5 Å². The third kappa shape index (κ3) is 2.24. The summed E-state index contributed by atoms with van der Waals surface area (Å²) >= 11 is 0. The Bertz CT molecular complexity index is 578. The molecule has 0 amide bonds. The van der Waals surface area contributed by atoms with Crippen molar-refractivity contribution < 1.29 is 9.90 Å². The van der Waals surface area contributed by atoms with Gasteiger partial charge in [-0.2, -0.15) is 14.6 Å². The Hall–Kier alpha value is -2.18. The molecule has 1 unspecified atom stereocenters. The zero-order chi connectivity index (χ0) is 13.3. The first-order chi connectivity index (χ1) is 8.49. The van der Waals surface area contributed by atoms with Crippen LogP contribution in [0.4, 0.5) is 5.82 Å². The Morgan fingerprint density at radius 1 is 1.50 bits per heavy atom. The molecule has 0 fully saturated rings. The fourth-order valence-corrected chi connectivity index (χ4v) is 1.71. The van der Waals surface area contributed by atoms with Crippen LogP contribution in [0.2, 0.25) is 0 Å². The van der Waals surface area contributed by atoms with Crippen molar-refractivity contribution in [1.29, 1.82) is 0 Å². The highest BCUT2D eigenvalue weighted by Gasteiger charge is 2.22. The van der Waals surface area contributed by atoms with Gasteiger partial charge in [-0.15, -0.1) is 0 Å². The van der Waals surface area contributed by atoms with Crippen LogP contribution < -0.4 is 5.32 Å². The van der Waals surface area contributed by atoms with Gasteiger partial charge in [-0.25, -0.2) is 9.78 Å². The fourth-order valence-electron chi connectivity index (χ4n) is 1.71. The van der Waals surface area contributed by atoms with E-state index in [9.17, 15) is 9.90 Å². The van der Waals surface area contributed by atoms with Crippen LogP contribution in [-0.4, -0.2) is 36.7 Å². The van der Waals surface area contributed by atoms with Gasteiger partial charge in [0.25, 0.3) is 5.78 Å². The van der Waals surface area contributed by atoms with Crippen LogP contribution in [0.25, 0.3) is 5.78 Å². The zero-order valence-corrected chi connectivity index (χ0v) is 10.5. The summed E-state index contributed by atoms with van der Waals surface area (Å²) in [5.41, 5.74) is 0.755. The van der Waals surface area contributed by atoms with E-state index in [1.807, 2.05) is 20.8 Å². The number of hydrogen-bond donors (Lipinski definition) is 2. The lowest BCUT2D eigenvalue weighted by atomic mass is 10.1. The predicted octanol–water partition coefficient (Wildman–Crippen LogP) is 0.954. The smallest absolute Gasteiger partial charge is 0.326 e. The van der Waals surface area contributed by atoms with Crippen LogP contribution in [0, 0.1) is 12.8 Å². The molecule has 0 aliphatic heterocycles. The summed E-state index contributed by atoms with van der Waals surface area (Å²) in [6.45, 7) is 5.52. The van der Waals surface area contributed by atoms with Crippen molar-refractivity contribution in [2.24, 2.45) is 5.92 Å². The van der Waals surface area contributed by atoms with E-state index in [-0.39, 0.29) is 5.92 Å². The molecule has 96 valence electrons. The summed E-state index contributed by atoms with van der Waals surface area (Å²) in [6.07, 6.45) is 1.39. The largest absolute Gasteiger partial charge is 0.480 e. The van der Waals surface area contributed by atoms with Crippen molar-refractivity contribution in [1.82, 2.24) is 19.6 Å². The Morgan fingerprint density at radius 3 is 2.83 bits per heavy atom. The molecule has 0 radical (unpaired) electrons. The SMILES string of the molecule is Cc1cc(NC(C(=O)O)C(C)C)n2ncnc2n1. The lowest BCUT2D eigenvalue weighted by Crippen LogP contribution is -2.35. The summed E-state index contributed by atoms with van der Waals surface area (Å²) in [7, 11) is 0. The second kappa shape index (κ2) is 4.59. The van der Waals surface area contributed by atoms with E-state index in [1.54, 1.807) is 6.07 Å². The van der Waals surface area contributed by atoms with Gasteiger partial charge in [0.05, 0.1) is 0 Å². The number of hydrogen-bond acceptors (Lipinski definition) is 5. The minimum atomic E-state index is -0.896. The molecule has 2 heterocycles. The molecular weight excluding hydrogens is 234 g/mol. The third-order valence-corrected chi connectivity index (χ3v) is 2.62. The number of carboxylic acids is 1. The number of nitrogens with zero attached hydrogens (tertiary/aromatic N) is 4. The monoisotopic (exact) mass is 249 g/mol. The highest BCUT2D eigenvalue weighted by molar-refractivity contribution is 5.77. The van der Waals surface area contributed by atoms with Crippen LogP contribution in [0.5, 0.6) is 0 Å². The van der Waals surface area contributed by atoms with Crippen LogP contribution in [0.15, 0.2) is 12.4 Å². The lowest BCUT2D eigenvalue weighted by molar-refractivity contribution is -0.138. The molecule has 0 saturated heterocycles. The summed E-state index contributed by atoms with van der Waals surface area (Å²) in [4.78, 5) is 19.4. The molecule has 7 heteroatoms. The first-order valence-corrected chi connectivity index (χ1v) is 5.65. The topological polar surface area (TPSA) is 92.4 Å². The number of aliphatic carboxylic acids is 1. The molecule has 0 bridgehead atoms. The van der Waals surface area contributed by atoms with E-state index in [1.165, 1.54) is 10.8 Å². The van der Waals surface area contributed by atoms with Crippen molar-refractivity contribution in [3.63, 3.8) is 0 Å². The number of nitrogens with one attached hydrogen (secondary N) is 1. The molecule has 0 aliphatic carbocycles. The molecule has 0 spiro atoms. The molecule has 2 N–H and O–H groups in total. The van der Waals surface area contributed by atoms with E-state index in [2.05, 4.69) is 20.4 Å². The number of carbonyl (C=O) groups is 1. The standard InChI is InChI=1S/C11H15N5O2/c1-6(2)9(10(17)18)15-8-4-7(3)14-11-12-5-13-16(8)11/h4-6,9,15H,1-3H3,(H,17,18). The maximum atomic E-state index is 11.2. The van der Waals surface area contributed by atoms with Gasteiger partial charge in [0.2, 0.25) is 0 Å². The number of fused-ring (bicyclic) bond motifs is 1. The van der Waals surface area contributed by atoms with E-state index in [0.717, 1.165) is 5.69 Å². The minimum Gasteiger partial charge on any atom is -0.480 e. The van der Waals surface area contributed by atoms with E-state index in [0.29, 0.717) is 11.6 Å². The summed E-state index contributed by atoms with van der Waals surface area (Å²) in [6, 6.07) is 1.07. The quantitative estimate of drug-likeness (QED) is 0.838. The number of anilines is 1. The fraction of sp³-hybridized carbons (Fsp3) is 0.455. The van der Waals surface area contributed by atoms with Crippen LogP contribution in [0.3, 0.4) is 0 Å². The van der Waals surface area contributed by atoms with E-state index >= 15 is 0 Å². The van der Waals surface area contributed by atoms with E-state index < -0.39 is 12.0 Å². The molecule has 18 heavy (non-hydrogen) atoms. The number of carboxylic acid groups (broad SMARTS) is 1. The van der Waals surface area contributed by atoms with Crippen molar-refractivity contribution in [3.8, 4) is 0 Å². The third-order valence-electron chi connectivity index (χ3n) is 2.62. The van der Waals surface area contributed by atoms with Crippen molar-refractivity contribution in [2.75, 3.05) is 5.32 Å². The van der Waals surface area contributed by atoms with Gasteiger partial charge in [-0.05, 0) is 12.8 Å². The van der Waals surface area contributed by atoms with Gasteiger partial charge in [-0.3, -0.25) is 0 Å². The molecule has 7 nitrogen and oxygen atoms in total. The van der Waals surface area contributed by atoms with Gasteiger partial charge in [0, 0.05) is 11.8 Å². The van der Waals surface area contributed by atoms with Crippen LogP contribution in [-0.2, 0) is 4.79 Å². The maximum Gasteiger partial charge on any atom is 0.326 e. The first kappa shape index (κ1) is 12.3. The van der Waals surface area contributed by atoms with Crippen molar-refractivity contribution >= 4 is 17.6 Å². The second-order valence-electron chi connectivity index (χ2n) is 4.46. The molecule has 0 aliphatic rings. The van der Waals surface area contributed by atoms with Gasteiger partial charge < -0.3 is 10.4 Å². The van der Waals surface area contributed by atoms with Gasteiger partial charge in [0.15, 0.2) is 0 Å². The van der Waals surface area contributed by atoms with Gasteiger partial charge in [-0.1, -0.05) is 13.8 Å². The lowest BCUT2D eigenvalue weighted by Gasteiger charge is -2.19. The van der Waals surface area contributed by atoms with Crippen molar-refractivity contribution in [2.45, 2.75) is 26.8 Å². The average Bonchev–Trinajstić information content (AvgIpc) is 2.72. The van der Waals surface area contributed by atoms with Gasteiger partial charge in [0.1, 0.15) is 18.2 Å². The molecule has 2 rings (SSSR count). The van der Waals surface area contributed by atoms with Gasteiger partial charge >= 0.3 is 5.97 Å². The minimum absolute atomic E-state index is 0.0467. The Kier molecular flexibility index (Phi) is 3.14. The normalized spacial score (nSPS) is 12.9. The molecule has 0 saturated carbocycles. The summed E-state index contributed by atoms with van der Waals surface area (Å²) < 4.78 is 1.49. The Morgan fingerprint density at radius 2 is 2.22 bits per heavy atom. The van der Waals surface area contributed by atoms with Crippen LogP contribution >= 0.6 is 0 Å². The average molecular weight is 249 g/mol. The summed E-state index contributed by atoms with van der Waals surface area (Å²) in [5.74, 6) is 0.0868. The molecule has 2 aromatic heterocycles. The first-order valence-electron chi connectivity index (χ1n) is 5.65. The predicted molar refractivity (Wildman–Crippen MR) is 65.4 cm³/mol. The summed E-state index contributed by atoms with van der Waals surface area (Å²) in [5, 5.41) is 16.2. The molecule has 1 atom stereocenters. The van der Waals surface area contributed by atoms with Crippen molar-refractivity contribution in [3.05, 3.63) is 18.1 Å². The number of rotatable bonds is 4. The Balaban J connectivity index is 2.41. The molecule has 2 aromatic rings. The zero-order valence-electron chi connectivity index (χ0n) is 10.5. The number of aromatic nitrogens is 4. The highest BCUT2D eigenvalue weighted by Crippen LogP contribution is 2.14. The Labute approximate surface area is 104 Å². The maximum absolute atomic E-state index is 11.2. The highest BCUT2D eigenvalue weighted by atomic mass is 16.4. The molecular formula is C11H15N5O2. The molecule has 0 aromatic carbocycles.